The van der Waals surface area contributed by atoms with Crippen LogP contribution in [0.5, 0.6) is 0 Å². The van der Waals surface area contributed by atoms with Crippen LogP contribution in [0.2, 0.25) is 0 Å². The molecule has 0 unspecified atom stereocenters. The third-order valence-corrected chi connectivity index (χ3v) is 6.02. The van der Waals surface area contributed by atoms with Crippen LogP contribution in [-0.2, 0) is 9.53 Å². The maximum atomic E-state index is 11.5. The quantitative estimate of drug-likeness (QED) is 0.373. The topological polar surface area (TPSA) is 87.7 Å². The molecule has 2 rings (SSSR count). The minimum Gasteiger partial charge on any atom is -0.480 e. The van der Waals surface area contributed by atoms with Gasteiger partial charge in [0.15, 0.2) is 0 Å². The SMILES string of the molecule is C1CCC(NC2CCCCC2)CC1.CCCCCC[C@@H](NC(=O)OC(C)(C)C)C(=O)O. The Morgan fingerprint density at radius 2 is 1.42 bits per heavy atom. The molecule has 0 aromatic heterocycles. The Kier molecular flexibility index (Phi) is 13.9. The first-order valence-corrected chi connectivity index (χ1v) is 12.7. The number of carbonyl (C=O) groups excluding carboxylic acids is 1. The van der Waals surface area contributed by atoms with Crippen LogP contribution in [0.3, 0.4) is 0 Å². The molecule has 3 N–H and O–H groups in total. The molecule has 1 atom stereocenters. The molecular formula is C25H48N2O4. The lowest BCUT2D eigenvalue weighted by Gasteiger charge is -2.30. The maximum absolute atomic E-state index is 11.5. The molecule has 2 fully saturated rings. The van der Waals surface area contributed by atoms with Crippen molar-refractivity contribution in [2.75, 3.05) is 0 Å². The van der Waals surface area contributed by atoms with Gasteiger partial charge in [0.2, 0.25) is 0 Å². The molecule has 6 heteroatoms. The lowest BCUT2D eigenvalue weighted by atomic mass is 9.91. The largest absolute Gasteiger partial charge is 0.480 e. The highest BCUT2D eigenvalue weighted by molar-refractivity contribution is 5.79. The van der Waals surface area contributed by atoms with Crippen LogP contribution in [0.4, 0.5) is 4.79 Å². The van der Waals surface area contributed by atoms with Crippen molar-refractivity contribution in [1.29, 1.82) is 0 Å². The summed E-state index contributed by atoms with van der Waals surface area (Å²) in [5.74, 6) is -1.02. The molecule has 0 aromatic carbocycles. The molecule has 31 heavy (non-hydrogen) atoms. The Bertz CT molecular complexity index is 476. The molecule has 2 aliphatic carbocycles. The molecule has 0 aromatic rings. The van der Waals surface area contributed by atoms with Gasteiger partial charge in [-0.15, -0.1) is 0 Å². The van der Waals surface area contributed by atoms with E-state index in [0.717, 1.165) is 37.8 Å². The second-order valence-electron chi connectivity index (χ2n) is 10.2. The van der Waals surface area contributed by atoms with Gasteiger partial charge in [-0.05, 0) is 52.9 Å². The summed E-state index contributed by atoms with van der Waals surface area (Å²) in [7, 11) is 0. The fourth-order valence-electron chi connectivity index (χ4n) is 4.35. The number of nitrogens with one attached hydrogen (secondary N) is 2. The summed E-state index contributed by atoms with van der Waals surface area (Å²) in [6.07, 6.45) is 18.3. The van der Waals surface area contributed by atoms with E-state index in [9.17, 15) is 9.59 Å². The Labute approximate surface area is 190 Å². The number of carboxylic acid groups (broad SMARTS) is 1. The van der Waals surface area contributed by atoms with E-state index in [4.69, 9.17) is 9.84 Å². The molecule has 0 aliphatic heterocycles. The smallest absolute Gasteiger partial charge is 0.408 e. The Hall–Kier alpha value is -1.30. The zero-order chi connectivity index (χ0) is 23.1. The van der Waals surface area contributed by atoms with Crippen LogP contribution in [0.25, 0.3) is 0 Å². The van der Waals surface area contributed by atoms with E-state index in [0.29, 0.717) is 6.42 Å². The molecule has 2 saturated carbocycles. The Morgan fingerprint density at radius 1 is 0.903 bits per heavy atom. The molecule has 2 aliphatic rings. The monoisotopic (exact) mass is 440 g/mol. The zero-order valence-electron chi connectivity index (χ0n) is 20.5. The van der Waals surface area contributed by atoms with Gasteiger partial charge in [0.05, 0.1) is 0 Å². The van der Waals surface area contributed by atoms with Crippen molar-refractivity contribution in [3.8, 4) is 0 Å². The van der Waals surface area contributed by atoms with E-state index in [1.165, 1.54) is 64.2 Å². The summed E-state index contributed by atoms with van der Waals surface area (Å²) in [4.78, 5) is 22.5. The van der Waals surface area contributed by atoms with Gasteiger partial charge in [-0.25, -0.2) is 9.59 Å². The van der Waals surface area contributed by atoms with E-state index in [-0.39, 0.29) is 0 Å². The van der Waals surface area contributed by atoms with E-state index in [1.54, 1.807) is 20.8 Å². The van der Waals surface area contributed by atoms with Gasteiger partial charge >= 0.3 is 12.1 Å². The molecule has 0 saturated heterocycles. The van der Waals surface area contributed by atoms with Crippen molar-refractivity contribution in [2.24, 2.45) is 0 Å². The minimum atomic E-state index is -1.02. The van der Waals surface area contributed by atoms with Gasteiger partial charge in [-0.2, -0.15) is 0 Å². The summed E-state index contributed by atoms with van der Waals surface area (Å²) in [5.41, 5.74) is -0.616. The second kappa shape index (κ2) is 15.5. The molecule has 0 radical (unpaired) electrons. The summed E-state index contributed by atoms with van der Waals surface area (Å²) in [6.45, 7) is 7.31. The Morgan fingerprint density at radius 3 is 1.84 bits per heavy atom. The molecular weight excluding hydrogens is 392 g/mol. The van der Waals surface area contributed by atoms with Crippen LogP contribution >= 0.6 is 0 Å². The number of ether oxygens (including phenoxy) is 1. The number of alkyl carbamates (subject to hydrolysis) is 1. The number of aliphatic carboxylic acids is 1. The van der Waals surface area contributed by atoms with Gasteiger partial charge in [0, 0.05) is 12.1 Å². The fraction of sp³-hybridized carbons (Fsp3) is 0.920. The highest BCUT2D eigenvalue weighted by atomic mass is 16.6. The molecule has 1 amide bonds. The van der Waals surface area contributed by atoms with E-state index >= 15 is 0 Å². The standard InChI is InChI=1S/C13H25NO4.C12H23N/c1-5-6-7-8-9-10(11(15)16)14-12(17)18-13(2,3)4;1-3-7-11(8-4-1)13-12-9-5-2-6-10-12/h10H,5-9H2,1-4H3,(H,14,17)(H,15,16);11-13H,1-10H2/t10-;/m1./s1. The first-order chi connectivity index (χ1) is 14.7. The summed E-state index contributed by atoms with van der Waals surface area (Å²) >= 11 is 0. The maximum Gasteiger partial charge on any atom is 0.408 e. The normalized spacial score (nSPS) is 19.1. The summed E-state index contributed by atoms with van der Waals surface area (Å²) in [6, 6.07) is 0.880. The lowest BCUT2D eigenvalue weighted by molar-refractivity contribution is -0.139. The molecule has 0 heterocycles. The average Bonchev–Trinajstić information content (AvgIpc) is 2.71. The number of rotatable bonds is 9. The van der Waals surface area contributed by atoms with Gasteiger partial charge in [-0.1, -0.05) is 71.1 Å². The van der Waals surface area contributed by atoms with Crippen LogP contribution in [-0.4, -0.2) is 40.9 Å². The number of amides is 1. The van der Waals surface area contributed by atoms with Gasteiger partial charge in [0.1, 0.15) is 11.6 Å². The average molecular weight is 441 g/mol. The van der Waals surface area contributed by atoms with E-state index < -0.39 is 23.7 Å². The summed E-state index contributed by atoms with van der Waals surface area (Å²) in [5, 5.41) is 15.3. The van der Waals surface area contributed by atoms with Gasteiger partial charge in [0.25, 0.3) is 0 Å². The second-order valence-corrected chi connectivity index (χ2v) is 10.2. The number of hydrogen-bond acceptors (Lipinski definition) is 4. The third-order valence-electron chi connectivity index (χ3n) is 6.02. The van der Waals surface area contributed by atoms with Crippen molar-refractivity contribution < 1.29 is 19.4 Å². The van der Waals surface area contributed by atoms with E-state index in [1.807, 2.05) is 0 Å². The number of hydrogen-bond donors (Lipinski definition) is 3. The van der Waals surface area contributed by atoms with Gasteiger partial charge < -0.3 is 20.5 Å². The van der Waals surface area contributed by atoms with Crippen molar-refractivity contribution >= 4 is 12.1 Å². The zero-order valence-corrected chi connectivity index (χ0v) is 20.5. The molecule has 182 valence electrons. The van der Waals surface area contributed by atoms with Crippen molar-refractivity contribution in [1.82, 2.24) is 10.6 Å². The van der Waals surface area contributed by atoms with Crippen molar-refractivity contribution in [3.63, 3.8) is 0 Å². The fourth-order valence-corrected chi connectivity index (χ4v) is 4.35. The number of unbranched alkanes of at least 4 members (excludes halogenated alkanes) is 3. The van der Waals surface area contributed by atoms with Crippen molar-refractivity contribution in [2.45, 2.75) is 148 Å². The number of carbonyl (C=O) groups is 2. The summed E-state index contributed by atoms with van der Waals surface area (Å²) < 4.78 is 5.03. The first-order valence-electron chi connectivity index (χ1n) is 12.7. The predicted molar refractivity (Wildman–Crippen MR) is 126 cm³/mol. The highest BCUT2D eigenvalue weighted by Crippen LogP contribution is 2.22. The molecule has 0 bridgehead atoms. The van der Waals surface area contributed by atoms with Crippen LogP contribution in [0.15, 0.2) is 0 Å². The highest BCUT2D eigenvalue weighted by Gasteiger charge is 2.23. The van der Waals surface area contributed by atoms with Crippen LogP contribution < -0.4 is 10.6 Å². The van der Waals surface area contributed by atoms with Crippen LogP contribution in [0.1, 0.15) is 124 Å². The third kappa shape index (κ3) is 14.4. The predicted octanol–water partition coefficient (Wildman–Crippen LogP) is 6.18. The van der Waals surface area contributed by atoms with Gasteiger partial charge in [-0.3, -0.25) is 0 Å². The first kappa shape index (κ1) is 27.7. The Balaban J connectivity index is 0.000000323. The minimum absolute atomic E-state index is 0.439. The number of carboxylic acids is 1. The molecule has 6 nitrogen and oxygen atoms in total. The van der Waals surface area contributed by atoms with Crippen LogP contribution in [0, 0.1) is 0 Å². The van der Waals surface area contributed by atoms with E-state index in [2.05, 4.69) is 17.6 Å². The molecule has 0 spiro atoms. The lowest BCUT2D eigenvalue weighted by Crippen LogP contribution is -2.43. The van der Waals surface area contributed by atoms with Crippen molar-refractivity contribution in [3.05, 3.63) is 0 Å².